The van der Waals surface area contributed by atoms with E-state index in [4.69, 9.17) is 4.74 Å². The number of rotatable bonds is 12. The van der Waals surface area contributed by atoms with E-state index < -0.39 is 32.1 Å². The zero-order valence-corrected chi connectivity index (χ0v) is 25.5. The van der Waals surface area contributed by atoms with Gasteiger partial charge in [-0.1, -0.05) is 6.07 Å². The summed E-state index contributed by atoms with van der Waals surface area (Å²) in [5.41, 5.74) is 2.12. The van der Waals surface area contributed by atoms with Crippen LogP contribution in [0.2, 0.25) is 0 Å². The van der Waals surface area contributed by atoms with Gasteiger partial charge in [-0.25, -0.2) is 21.6 Å². The Morgan fingerprint density at radius 3 is 2.23 bits per heavy atom. The molecule has 0 aliphatic carbocycles. The number of aromatic hydroxyl groups is 1. The van der Waals surface area contributed by atoms with E-state index in [1.807, 2.05) is 12.1 Å². The van der Waals surface area contributed by atoms with Crippen molar-refractivity contribution in [1.82, 2.24) is 5.32 Å². The molecule has 0 aromatic heterocycles. The van der Waals surface area contributed by atoms with Crippen LogP contribution in [0.25, 0.3) is 0 Å². The molecule has 14 heteroatoms. The van der Waals surface area contributed by atoms with Crippen molar-refractivity contribution in [3.05, 3.63) is 77.9 Å². The average Bonchev–Trinajstić information content (AvgIpc) is 2.97. The maximum absolute atomic E-state index is 12.8. The molecule has 1 aliphatic heterocycles. The third-order valence-electron chi connectivity index (χ3n) is 6.96. The zero-order chi connectivity index (χ0) is 31.2. The fraction of sp³-hybridized carbons (Fsp3) is 0.345. The molecule has 3 aromatic rings. The van der Waals surface area contributed by atoms with Gasteiger partial charge in [0.2, 0.25) is 10.0 Å². The Morgan fingerprint density at radius 2 is 1.63 bits per heavy atom. The molecule has 232 valence electrons. The number of carbonyl (C=O) groups is 1. The predicted octanol–water partition coefficient (Wildman–Crippen LogP) is 3.03. The first kappa shape index (κ1) is 32.1. The number of hydrogen-bond donors (Lipinski definition) is 5. The van der Waals surface area contributed by atoms with Crippen LogP contribution < -0.4 is 19.7 Å². The van der Waals surface area contributed by atoms with Crippen molar-refractivity contribution < 1.29 is 36.6 Å². The Kier molecular flexibility index (Phi) is 10.2. The van der Waals surface area contributed by atoms with Gasteiger partial charge in [-0.3, -0.25) is 9.44 Å². The third-order valence-corrected chi connectivity index (χ3v) is 8.94. The third kappa shape index (κ3) is 8.83. The van der Waals surface area contributed by atoms with E-state index >= 15 is 0 Å². The molecule has 0 amide bonds. The summed E-state index contributed by atoms with van der Waals surface area (Å²) in [6.07, 6.45) is 1.72. The zero-order valence-electron chi connectivity index (χ0n) is 23.9. The normalized spacial score (nSPS) is 15.1. The number of nitrogens with one attached hydrogen (secondary N) is 3. The Bertz CT molecular complexity index is 1620. The molecule has 1 saturated heterocycles. The molecule has 12 nitrogen and oxygen atoms in total. The summed E-state index contributed by atoms with van der Waals surface area (Å²) in [5, 5.41) is 23.9. The monoisotopic (exact) mass is 632 g/mol. The van der Waals surface area contributed by atoms with Crippen LogP contribution in [0, 0.1) is 0 Å². The molecular formula is C29H36N4O8S2. The highest BCUT2D eigenvalue weighted by molar-refractivity contribution is 7.92. The molecule has 0 radical (unpaired) electrons. The van der Waals surface area contributed by atoms with Crippen LogP contribution in [-0.2, 0) is 24.8 Å². The van der Waals surface area contributed by atoms with Crippen molar-refractivity contribution in [2.75, 3.05) is 46.8 Å². The van der Waals surface area contributed by atoms with Gasteiger partial charge >= 0.3 is 5.97 Å². The Labute approximate surface area is 251 Å². The number of aliphatic hydroxyl groups excluding tert-OH is 1. The molecule has 4 rings (SSSR count). The van der Waals surface area contributed by atoms with E-state index in [2.05, 4.69) is 19.7 Å². The van der Waals surface area contributed by atoms with Crippen LogP contribution in [0.15, 0.2) is 71.6 Å². The number of benzene rings is 3. The maximum Gasteiger partial charge on any atom is 0.338 e. The first-order valence-corrected chi connectivity index (χ1v) is 17.1. The van der Waals surface area contributed by atoms with Crippen LogP contribution in [0.3, 0.4) is 0 Å². The van der Waals surface area contributed by atoms with Crippen molar-refractivity contribution in [1.29, 1.82) is 0 Å². The number of phenols is 1. The Morgan fingerprint density at radius 1 is 0.977 bits per heavy atom. The van der Waals surface area contributed by atoms with Gasteiger partial charge in [0.15, 0.2) is 0 Å². The molecule has 3 aromatic carbocycles. The summed E-state index contributed by atoms with van der Waals surface area (Å²) in [6, 6.07) is 17.1. The summed E-state index contributed by atoms with van der Waals surface area (Å²) < 4.78 is 58.4. The number of aliphatic hydroxyl groups is 1. The molecule has 1 aliphatic rings. The van der Waals surface area contributed by atoms with Gasteiger partial charge in [0.25, 0.3) is 10.0 Å². The van der Waals surface area contributed by atoms with Gasteiger partial charge < -0.3 is 25.2 Å². The number of hydrogen-bond acceptors (Lipinski definition) is 10. The smallest absolute Gasteiger partial charge is 0.338 e. The number of esters is 1. The molecule has 43 heavy (non-hydrogen) atoms. The number of ether oxygens (including phenoxy) is 1. The average molecular weight is 633 g/mol. The van der Waals surface area contributed by atoms with E-state index in [1.165, 1.54) is 36.4 Å². The highest BCUT2D eigenvalue weighted by Crippen LogP contribution is 2.28. The molecule has 0 saturated carbocycles. The molecule has 1 atom stereocenters. The molecule has 5 N–H and O–H groups in total. The van der Waals surface area contributed by atoms with E-state index in [1.54, 1.807) is 25.1 Å². The molecule has 1 heterocycles. The number of sulfonamides is 2. The highest BCUT2D eigenvalue weighted by atomic mass is 32.2. The van der Waals surface area contributed by atoms with Crippen molar-refractivity contribution in [3.63, 3.8) is 0 Å². The number of piperidine rings is 1. The van der Waals surface area contributed by atoms with Crippen LogP contribution in [0.4, 0.5) is 17.1 Å². The summed E-state index contributed by atoms with van der Waals surface area (Å²) in [4.78, 5) is 14.0. The van der Waals surface area contributed by atoms with Crippen molar-refractivity contribution >= 4 is 43.1 Å². The van der Waals surface area contributed by atoms with E-state index in [0.29, 0.717) is 11.3 Å². The number of phenolic OH excluding ortho intramolecular Hbond substituents is 1. The van der Waals surface area contributed by atoms with Gasteiger partial charge in [-0.15, -0.1) is 0 Å². The molecule has 1 fully saturated rings. The van der Waals surface area contributed by atoms with Gasteiger partial charge in [0.05, 0.1) is 35.1 Å². The van der Waals surface area contributed by atoms with Crippen molar-refractivity contribution in [3.8, 4) is 5.75 Å². The minimum atomic E-state index is -3.85. The minimum Gasteiger partial charge on any atom is -0.506 e. The van der Waals surface area contributed by atoms with Crippen LogP contribution in [0.5, 0.6) is 5.75 Å². The summed E-state index contributed by atoms with van der Waals surface area (Å²) in [5.74, 6) is -0.740. The lowest BCUT2D eigenvalue weighted by atomic mass is 10.0. The maximum atomic E-state index is 12.8. The van der Waals surface area contributed by atoms with Crippen LogP contribution in [0.1, 0.15) is 41.8 Å². The van der Waals surface area contributed by atoms with E-state index in [9.17, 15) is 31.8 Å². The van der Waals surface area contributed by atoms with E-state index in [0.717, 1.165) is 37.9 Å². The quantitative estimate of drug-likeness (QED) is 0.147. The van der Waals surface area contributed by atoms with Gasteiger partial charge in [0, 0.05) is 37.1 Å². The number of anilines is 3. The van der Waals surface area contributed by atoms with Crippen molar-refractivity contribution in [2.24, 2.45) is 0 Å². The Hall–Kier alpha value is -3.85. The fourth-order valence-electron chi connectivity index (χ4n) is 4.72. The SMILES string of the molecule is CCOC(=O)c1ccc(S(=O)(=O)Nc2ccc(N3CCC(NC[C@@H](O)c4ccc(O)c(NS(C)(=O)=O)c4)CC3)cc2)cc1. The summed E-state index contributed by atoms with van der Waals surface area (Å²) in [6.45, 7) is 3.70. The second-order valence-corrected chi connectivity index (χ2v) is 13.7. The van der Waals surface area contributed by atoms with Gasteiger partial charge in [-0.2, -0.15) is 0 Å². The molecular weight excluding hydrogens is 596 g/mol. The largest absolute Gasteiger partial charge is 0.506 e. The lowest BCUT2D eigenvalue weighted by Crippen LogP contribution is -2.43. The molecule has 0 unspecified atom stereocenters. The highest BCUT2D eigenvalue weighted by Gasteiger charge is 2.22. The molecule has 0 spiro atoms. The summed E-state index contributed by atoms with van der Waals surface area (Å²) in [7, 11) is -7.43. The lowest BCUT2D eigenvalue weighted by Gasteiger charge is -2.34. The minimum absolute atomic E-state index is 0.0101. The summed E-state index contributed by atoms with van der Waals surface area (Å²) >= 11 is 0. The standard InChI is InChI=1S/C29H36N4O8S2/c1-3-41-29(36)20-4-11-25(12-5-20)43(39,40)31-23-7-9-24(10-8-23)33-16-14-22(15-17-33)30-19-28(35)21-6-13-27(34)26(18-21)32-42(2,37)38/h4-13,18,22,28,30-32,34-35H,3,14-17,19H2,1-2H3/t28-/m1/s1. The predicted molar refractivity (Wildman–Crippen MR) is 164 cm³/mol. The van der Waals surface area contributed by atoms with Crippen LogP contribution >= 0.6 is 0 Å². The topological polar surface area (TPSA) is 174 Å². The first-order chi connectivity index (χ1) is 20.3. The van der Waals surface area contributed by atoms with E-state index in [-0.39, 0.29) is 41.1 Å². The first-order valence-electron chi connectivity index (χ1n) is 13.7. The second-order valence-electron chi connectivity index (χ2n) is 10.2. The number of carbonyl (C=O) groups excluding carboxylic acids is 1. The van der Waals surface area contributed by atoms with Gasteiger partial charge in [-0.05, 0) is 86.0 Å². The number of nitrogens with zero attached hydrogens (tertiary/aromatic N) is 1. The van der Waals surface area contributed by atoms with Crippen LogP contribution in [-0.4, -0.2) is 71.6 Å². The van der Waals surface area contributed by atoms with Crippen molar-refractivity contribution in [2.45, 2.75) is 36.8 Å². The second kappa shape index (κ2) is 13.6. The molecule has 0 bridgehead atoms. The Balaban J connectivity index is 1.27. The van der Waals surface area contributed by atoms with Gasteiger partial charge in [0.1, 0.15) is 5.75 Å². The lowest BCUT2D eigenvalue weighted by molar-refractivity contribution is 0.0526. The fourth-order valence-corrected chi connectivity index (χ4v) is 6.34.